The van der Waals surface area contributed by atoms with Gasteiger partial charge in [-0.2, -0.15) is 0 Å². The molecule has 3 heterocycles. The van der Waals surface area contributed by atoms with E-state index in [1.807, 2.05) is 0 Å². The first-order valence-electron chi connectivity index (χ1n) is 9.46. The Morgan fingerprint density at radius 1 is 1.37 bits per heavy atom. The number of carbonyl (C=O) groups is 1. The molecular weight excluding hydrogens is 405 g/mol. The number of hydrogen-bond donors (Lipinski definition) is 2. The Hall–Kier alpha value is -0.370. The van der Waals surface area contributed by atoms with Crippen LogP contribution in [-0.4, -0.2) is 56.2 Å². The van der Waals surface area contributed by atoms with E-state index in [9.17, 15) is 4.79 Å². The third-order valence-corrected chi connectivity index (χ3v) is 6.78. The Balaban J connectivity index is 0.00000182. The fraction of sp³-hybridized carbons (Fsp3) is 0.737. The topological polar surface area (TPSA) is 53.6 Å². The van der Waals surface area contributed by atoms with Crippen molar-refractivity contribution in [2.24, 2.45) is 5.92 Å². The van der Waals surface area contributed by atoms with Gasteiger partial charge in [-0.25, -0.2) is 0 Å². The van der Waals surface area contributed by atoms with Gasteiger partial charge in [-0.15, -0.1) is 36.2 Å². The summed E-state index contributed by atoms with van der Waals surface area (Å²) in [5.41, 5.74) is -0.665. The minimum atomic E-state index is -0.665. The first-order chi connectivity index (χ1) is 12.1. The van der Waals surface area contributed by atoms with Crippen molar-refractivity contribution in [3.8, 4) is 0 Å². The summed E-state index contributed by atoms with van der Waals surface area (Å²) in [4.78, 5) is 16.8. The van der Waals surface area contributed by atoms with Gasteiger partial charge in [0.05, 0.1) is 6.04 Å². The van der Waals surface area contributed by atoms with Gasteiger partial charge in [-0.1, -0.05) is 13.0 Å². The highest BCUT2D eigenvalue weighted by Crippen LogP contribution is 2.30. The van der Waals surface area contributed by atoms with E-state index >= 15 is 0 Å². The van der Waals surface area contributed by atoms with E-state index in [4.69, 9.17) is 4.74 Å². The SMILES string of the molecule is COC1(C(=O)NCC(c2cccs2)N2CCC(C)CC2)CCNCC1.Cl.Cl. The summed E-state index contributed by atoms with van der Waals surface area (Å²) in [7, 11) is 1.66. The number of piperidine rings is 2. The lowest BCUT2D eigenvalue weighted by Gasteiger charge is -2.38. The average Bonchev–Trinajstić information content (AvgIpc) is 3.18. The Kier molecular flexibility index (Phi) is 10.6. The molecule has 0 saturated carbocycles. The average molecular weight is 438 g/mol. The molecule has 8 heteroatoms. The van der Waals surface area contributed by atoms with E-state index in [-0.39, 0.29) is 36.8 Å². The van der Waals surface area contributed by atoms with Crippen molar-refractivity contribution in [1.29, 1.82) is 0 Å². The van der Waals surface area contributed by atoms with E-state index in [2.05, 4.69) is 40.0 Å². The van der Waals surface area contributed by atoms with E-state index in [1.54, 1.807) is 18.4 Å². The summed E-state index contributed by atoms with van der Waals surface area (Å²) in [6.45, 7) is 6.88. The summed E-state index contributed by atoms with van der Waals surface area (Å²) < 4.78 is 5.66. The van der Waals surface area contributed by atoms with E-state index < -0.39 is 5.60 Å². The zero-order valence-corrected chi connectivity index (χ0v) is 18.7. The van der Waals surface area contributed by atoms with Crippen molar-refractivity contribution >= 4 is 42.1 Å². The molecule has 2 aliphatic heterocycles. The van der Waals surface area contributed by atoms with Crippen LogP contribution in [0.15, 0.2) is 17.5 Å². The summed E-state index contributed by atoms with van der Waals surface area (Å²) in [5.74, 6) is 0.852. The molecule has 2 N–H and O–H groups in total. The van der Waals surface area contributed by atoms with Gasteiger partial charge in [0, 0.05) is 18.5 Å². The van der Waals surface area contributed by atoms with Crippen molar-refractivity contribution in [3.63, 3.8) is 0 Å². The third-order valence-electron chi connectivity index (χ3n) is 5.80. The molecule has 0 radical (unpaired) electrons. The molecule has 5 nitrogen and oxygen atoms in total. The number of hydrogen-bond acceptors (Lipinski definition) is 5. The molecule has 2 aliphatic rings. The van der Waals surface area contributed by atoms with Gasteiger partial charge in [0.25, 0.3) is 5.91 Å². The number of carbonyl (C=O) groups excluding carboxylic acids is 1. The van der Waals surface area contributed by atoms with Gasteiger partial charge in [-0.05, 0) is 69.2 Å². The van der Waals surface area contributed by atoms with E-state index in [1.165, 1.54) is 17.7 Å². The number of nitrogens with one attached hydrogen (secondary N) is 2. The van der Waals surface area contributed by atoms with Gasteiger partial charge in [0.1, 0.15) is 5.60 Å². The Bertz CT molecular complexity index is 545. The molecule has 0 aromatic carbocycles. The Morgan fingerprint density at radius 3 is 2.59 bits per heavy atom. The van der Waals surface area contributed by atoms with Gasteiger partial charge in [0.15, 0.2) is 0 Å². The first kappa shape index (κ1) is 24.7. The second-order valence-electron chi connectivity index (χ2n) is 7.41. The lowest BCUT2D eigenvalue weighted by Crippen LogP contribution is -2.55. The minimum absolute atomic E-state index is 0. The monoisotopic (exact) mass is 437 g/mol. The second-order valence-corrected chi connectivity index (χ2v) is 8.39. The van der Waals surface area contributed by atoms with Crippen molar-refractivity contribution in [2.45, 2.75) is 44.2 Å². The van der Waals surface area contributed by atoms with Crippen LogP contribution in [0.25, 0.3) is 0 Å². The van der Waals surface area contributed by atoms with Crippen molar-refractivity contribution in [3.05, 3.63) is 22.4 Å². The van der Waals surface area contributed by atoms with Crippen LogP contribution in [0.3, 0.4) is 0 Å². The van der Waals surface area contributed by atoms with E-state index in [0.29, 0.717) is 6.54 Å². The van der Waals surface area contributed by atoms with Crippen LogP contribution in [0.5, 0.6) is 0 Å². The van der Waals surface area contributed by atoms with Crippen LogP contribution in [0.4, 0.5) is 0 Å². The molecule has 0 bridgehead atoms. The lowest BCUT2D eigenvalue weighted by atomic mass is 9.91. The fourth-order valence-electron chi connectivity index (χ4n) is 3.94. The van der Waals surface area contributed by atoms with Crippen LogP contribution < -0.4 is 10.6 Å². The molecule has 0 aliphatic carbocycles. The summed E-state index contributed by atoms with van der Waals surface area (Å²) in [6.07, 6.45) is 3.95. The quantitative estimate of drug-likeness (QED) is 0.716. The number of amides is 1. The number of methoxy groups -OCH3 is 1. The molecule has 0 spiro atoms. The number of halogens is 2. The predicted molar refractivity (Wildman–Crippen MR) is 116 cm³/mol. The molecule has 1 aromatic rings. The zero-order chi connectivity index (χ0) is 17.7. The Morgan fingerprint density at radius 2 is 2.04 bits per heavy atom. The maximum absolute atomic E-state index is 12.9. The number of ether oxygens (including phenoxy) is 1. The smallest absolute Gasteiger partial charge is 0.252 e. The highest BCUT2D eigenvalue weighted by molar-refractivity contribution is 7.10. The standard InChI is InChI=1S/C19H31N3O2S.2ClH/c1-15-5-11-22(12-6-15)16(17-4-3-13-25-17)14-21-18(23)19(24-2)7-9-20-10-8-19;;/h3-4,13,15-16,20H,5-12,14H2,1-2H3,(H,21,23);2*1H. The number of nitrogens with zero attached hydrogens (tertiary/aromatic N) is 1. The van der Waals surface area contributed by atoms with Crippen molar-refractivity contribution < 1.29 is 9.53 Å². The molecule has 156 valence electrons. The van der Waals surface area contributed by atoms with Crippen molar-refractivity contribution in [2.75, 3.05) is 39.8 Å². The number of rotatable bonds is 6. The van der Waals surface area contributed by atoms with Crippen LogP contribution >= 0.6 is 36.2 Å². The first-order valence-corrected chi connectivity index (χ1v) is 10.3. The summed E-state index contributed by atoms with van der Waals surface area (Å²) in [6, 6.07) is 4.56. The number of likely N-dealkylation sites (tertiary alicyclic amines) is 1. The predicted octanol–water partition coefficient (Wildman–Crippen LogP) is 3.25. The molecule has 3 rings (SSSR count). The zero-order valence-electron chi connectivity index (χ0n) is 16.2. The van der Waals surface area contributed by atoms with Crippen LogP contribution in [0, 0.1) is 5.92 Å². The minimum Gasteiger partial charge on any atom is -0.368 e. The Labute approximate surface area is 179 Å². The molecule has 1 atom stereocenters. The maximum atomic E-state index is 12.9. The van der Waals surface area contributed by atoms with Gasteiger partial charge in [-0.3, -0.25) is 9.69 Å². The molecule has 1 aromatic heterocycles. The largest absolute Gasteiger partial charge is 0.368 e. The highest BCUT2D eigenvalue weighted by atomic mass is 35.5. The van der Waals surface area contributed by atoms with E-state index in [0.717, 1.165) is 44.9 Å². The maximum Gasteiger partial charge on any atom is 0.252 e. The lowest BCUT2D eigenvalue weighted by molar-refractivity contribution is -0.147. The third kappa shape index (κ3) is 6.05. The summed E-state index contributed by atoms with van der Waals surface area (Å²) in [5, 5.41) is 8.64. The molecular formula is C19H33Cl2N3O2S. The second kappa shape index (κ2) is 11.6. The number of thiophene rings is 1. The van der Waals surface area contributed by atoms with Crippen LogP contribution in [-0.2, 0) is 9.53 Å². The van der Waals surface area contributed by atoms with Gasteiger partial charge >= 0.3 is 0 Å². The van der Waals surface area contributed by atoms with Gasteiger partial charge < -0.3 is 15.4 Å². The fourth-order valence-corrected chi connectivity index (χ4v) is 4.80. The van der Waals surface area contributed by atoms with Crippen molar-refractivity contribution in [1.82, 2.24) is 15.5 Å². The molecule has 1 unspecified atom stereocenters. The summed E-state index contributed by atoms with van der Waals surface area (Å²) >= 11 is 1.78. The molecule has 27 heavy (non-hydrogen) atoms. The van der Waals surface area contributed by atoms with Crippen LogP contribution in [0.2, 0.25) is 0 Å². The molecule has 2 fully saturated rings. The normalized spacial score (nSPS) is 21.6. The molecule has 2 saturated heterocycles. The van der Waals surface area contributed by atoms with Gasteiger partial charge in [0.2, 0.25) is 0 Å². The highest BCUT2D eigenvalue weighted by Gasteiger charge is 2.40. The molecule has 1 amide bonds. The van der Waals surface area contributed by atoms with Crippen LogP contribution in [0.1, 0.15) is 43.5 Å².